The molecule has 0 saturated carbocycles. The Morgan fingerprint density at radius 2 is 1.88 bits per heavy atom. The third-order valence-electron chi connectivity index (χ3n) is 2.20. The van der Waals surface area contributed by atoms with Crippen LogP contribution in [0.15, 0.2) is 24.3 Å². The Kier molecular flexibility index (Phi) is 5.66. The molecule has 0 aliphatic rings. The molecule has 0 unspecified atom stereocenters. The summed E-state index contributed by atoms with van der Waals surface area (Å²) in [6.07, 6.45) is -0.836. The van der Waals surface area contributed by atoms with Gasteiger partial charge in [0.2, 0.25) is 12.1 Å². The van der Waals surface area contributed by atoms with Crippen LogP contribution < -0.4 is 4.74 Å². The summed E-state index contributed by atoms with van der Waals surface area (Å²) in [4.78, 5) is 12.1. The van der Waals surface area contributed by atoms with Crippen molar-refractivity contribution in [1.82, 2.24) is 0 Å². The first-order chi connectivity index (χ1) is 8.22. The number of benzene rings is 1. The molecule has 0 saturated heterocycles. The van der Waals surface area contributed by atoms with Crippen molar-refractivity contribution in [2.45, 2.75) is 20.1 Å². The van der Waals surface area contributed by atoms with Crippen LogP contribution in [-0.2, 0) is 9.47 Å². The second-order valence-electron chi connectivity index (χ2n) is 3.34. The van der Waals surface area contributed by atoms with Crippen LogP contribution in [0.1, 0.15) is 24.2 Å². The number of Topliss-reactive ketones (excluding diaryl/α,β-unsaturated/α-hetero) is 1. The van der Waals surface area contributed by atoms with Gasteiger partial charge in [-0.15, -0.1) is 0 Å². The van der Waals surface area contributed by atoms with Gasteiger partial charge in [0.05, 0.1) is 7.11 Å². The van der Waals surface area contributed by atoms with Crippen molar-refractivity contribution >= 4 is 5.78 Å². The molecule has 0 radical (unpaired) electrons. The topological polar surface area (TPSA) is 44.8 Å². The first-order valence-electron chi connectivity index (χ1n) is 5.64. The maximum absolute atomic E-state index is 12.1. The lowest BCUT2D eigenvalue weighted by Gasteiger charge is -2.15. The van der Waals surface area contributed by atoms with Gasteiger partial charge in [-0.2, -0.15) is 0 Å². The van der Waals surface area contributed by atoms with Gasteiger partial charge >= 0.3 is 0 Å². The molecular weight excluding hydrogens is 220 g/mol. The van der Waals surface area contributed by atoms with Gasteiger partial charge in [0.1, 0.15) is 5.75 Å². The third kappa shape index (κ3) is 3.84. The average Bonchev–Trinajstić information content (AvgIpc) is 2.38. The molecule has 1 aromatic rings. The molecule has 4 heteroatoms. The van der Waals surface area contributed by atoms with E-state index in [2.05, 4.69) is 0 Å². The van der Waals surface area contributed by atoms with Crippen molar-refractivity contribution in [3.8, 4) is 5.75 Å². The fraction of sp³-hybridized carbons (Fsp3) is 0.462. The first kappa shape index (κ1) is 13.7. The molecule has 0 spiro atoms. The van der Waals surface area contributed by atoms with Gasteiger partial charge in [-0.3, -0.25) is 4.79 Å². The second-order valence-corrected chi connectivity index (χ2v) is 3.34. The highest BCUT2D eigenvalue weighted by Crippen LogP contribution is 2.15. The van der Waals surface area contributed by atoms with E-state index in [0.717, 1.165) is 0 Å². The SMILES string of the molecule is CCOC(OCC)C(=O)c1cccc(OC)c1. The van der Waals surface area contributed by atoms with Crippen LogP contribution in [0.25, 0.3) is 0 Å². The Labute approximate surface area is 101 Å². The third-order valence-corrected chi connectivity index (χ3v) is 2.20. The normalized spacial score (nSPS) is 10.6. The fourth-order valence-electron chi connectivity index (χ4n) is 1.41. The number of rotatable bonds is 7. The average molecular weight is 238 g/mol. The molecular formula is C13H18O4. The molecule has 4 nitrogen and oxygen atoms in total. The second kappa shape index (κ2) is 7.04. The molecule has 0 aliphatic heterocycles. The molecule has 0 fully saturated rings. The largest absolute Gasteiger partial charge is 0.497 e. The van der Waals surface area contributed by atoms with Crippen molar-refractivity contribution in [1.29, 1.82) is 0 Å². The maximum atomic E-state index is 12.1. The van der Waals surface area contributed by atoms with E-state index in [9.17, 15) is 4.79 Å². The van der Waals surface area contributed by atoms with E-state index in [0.29, 0.717) is 24.5 Å². The lowest BCUT2D eigenvalue weighted by Crippen LogP contribution is -2.27. The minimum Gasteiger partial charge on any atom is -0.497 e. The molecule has 0 bridgehead atoms. The maximum Gasteiger partial charge on any atom is 0.222 e. The fourth-order valence-corrected chi connectivity index (χ4v) is 1.41. The number of hydrogen-bond acceptors (Lipinski definition) is 4. The molecule has 0 aliphatic carbocycles. The Balaban J connectivity index is 2.84. The summed E-state index contributed by atoms with van der Waals surface area (Å²) < 4.78 is 15.6. The quantitative estimate of drug-likeness (QED) is 0.540. The molecule has 0 aromatic heterocycles. The highest BCUT2D eigenvalue weighted by Gasteiger charge is 2.20. The van der Waals surface area contributed by atoms with Gasteiger partial charge in [-0.05, 0) is 26.0 Å². The highest BCUT2D eigenvalue weighted by molar-refractivity contribution is 5.98. The van der Waals surface area contributed by atoms with Gasteiger partial charge in [0, 0.05) is 18.8 Å². The molecule has 1 aromatic carbocycles. The standard InChI is InChI=1S/C13H18O4/c1-4-16-13(17-5-2)12(14)10-7-6-8-11(9-10)15-3/h6-9,13H,4-5H2,1-3H3. The number of carbonyl (C=O) groups excluding carboxylic acids is 1. The molecule has 1 rings (SSSR count). The number of carbonyl (C=O) groups is 1. The van der Waals surface area contributed by atoms with E-state index in [1.54, 1.807) is 31.4 Å². The zero-order chi connectivity index (χ0) is 12.7. The van der Waals surface area contributed by atoms with Crippen LogP contribution in [0.4, 0.5) is 0 Å². The Hall–Kier alpha value is -1.39. The van der Waals surface area contributed by atoms with Crippen molar-refractivity contribution in [2.24, 2.45) is 0 Å². The summed E-state index contributed by atoms with van der Waals surface area (Å²) in [5, 5.41) is 0. The van der Waals surface area contributed by atoms with Crippen LogP contribution >= 0.6 is 0 Å². The van der Waals surface area contributed by atoms with Gasteiger partial charge in [0.15, 0.2) is 0 Å². The van der Waals surface area contributed by atoms with Crippen LogP contribution in [0, 0.1) is 0 Å². The smallest absolute Gasteiger partial charge is 0.222 e. The van der Waals surface area contributed by atoms with Crippen LogP contribution in [0.3, 0.4) is 0 Å². The van der Waals surface area contributed by atoms with Crippen molar-refractivity contribution in [2.75, 3.05) is 20.3 Å². The van der Waals surface area contributed by atoms with E-state index in [1.165, 1.54) is 0 Å². The van der Waals surface area contributed by atoms with E-state index in [-0.39, 0.29) is 5.78 Å². The minimum atomic E-state index is -0.836. The summed E-state index contributed by atoms with van der Waals surface area (Å²) in [7, 11) is 1.56. The zero-order valence-electron chi connectivity index (χ0n) is 10.4. The first-order valence-corrected chi connectivity index (χ1v) is 5.64. The summed E-state index contributed by atoms with van der Waals surface area (Å²) >= 11 is 0. The van der Waals surface area contributed by atoms with Gasteiger partial charge in [-0.1, -0.05) is 12.1 Å². The summed E-state index contributed by atoms with van der Waals surface area (Å²) in [5.41, 5.74) is 0.524. The number of methoxy groups -OCH3 is 1. The number of ketones is 1. The molecule has 0 N–H and O–H groups in total. The van der Waals surface area contributed by atoms with E-state index in [4.69, 9.17) is 14.2 Å². The van der Waals surface area contributed by atoms with E-state index < -0.39 is 6.29 Å². The molecule has 0 amide bonds. The van der Waals surface area contributed by atoms with Gasteiger partial charge < -0.3 is 14.2 Å². The molecule has 94 valence electrons. The van der Waals surface area contributed by atoms with Crippen molar-refractivity contribution < 1.29 is 19.0 Å². The van der Waals surface area contributed by atoms with Gasteiger partial charge in [-0.25, -0.2) is 0 Å². The zero-order valence-corrected chi connectivity index (χ0v) is 10.4. The Morgan fingerprint density at radius 1 is 1.24 bits per heavy atom. The lowest BCUT2D eigenvalue weighted by molar-refractivity contribution is -0.107. The minimum absolute atomic E-state index is 0.187. The molecule has 17 heavy (non-hydrogen) atoms. The van der Waals surface area contributed by atoms with Crippen LogP contribution in [0.2, 0.25) is 0 Å². The summed E-state index contributed by atoms with van der Waals surface area (Å²) in [6, 6.07) is 6.94. The monoisotopic (exact) mass is 238 g/mol. The number of ether oxygens (including phenoxy) is 3. The Morgan fingerprint density at radius 3 is 2.41 bits per heavy atom. The van der Waals surface area contributed by atoms with E-state index in [1.807, 2.05) is 13.8 Å². The molecule has 0 atom stereocenters. The predicted octanol–water partition coefficient (Wildman–Crippen LogP) is 2.28. The van der Waals surface area contributed by atoms with Crippen molar-refractivity contribution in [3.05, 3.63) is 29.8 Å². The van der Waals surface area contributed by atoms with Crippen LogP contribution in [-0.4, -0.2) is 32.4 Å². The predicted molar refractivity (Wildman–Crippen MR) is 64.4 cm³/mol. The summed E-state index contributed by atoms with van der Waals surface area (Å²) in [5.74, 6) is 0.454. The van der Waals surface area contributed by atoms with Crippen molar-refractivity contribution in [3.63, 3.8) is 0 Å². The highest BCUT2D eigenvalue weighted by atomic mass is 16.7. The van der Waals surface area contributed by atoms with E-state index >= 15 is 0 Å². The number of hydrogen-bond donors (Lipinski definition) is 0. The summed E-state index contributed by atoms with van der Waals surface area (Å²) in [6.45, 7) is 4.51. The molecule has 0 heterocycles. The lowest BCUT2D eigenvalue weighted by atomic mass is 10.1. The van der Waals surface area contributed by atoms with Crippen LogP contribution in [0.5, 0.6) is 5.75 Å². The Bertz CT molecular complexity index is 356. The van der Waals surface area contributed by atoms with Gasteiger partial charge in [0.25, 0.3) is 0 Å².